The standard InChI is InChI=1S/C19H23N5O3/c1-5-26-15-8-7-14(11-16(15)27-6-2)13(4)21-18(25)17-22-19-20-10-9-12(3)24(19)23-17/h7-11,13H,5-6H2,1-4H3,(H,21,25)/t13-/m1/s1. The van der Waals surface area contributed by atoms with E-state index in [1.54, 1.807) is 16.8 Å². The van der Waals surface area contributed by atoms with E-state index in [4.69, 9.17) is 9.47 Å². The van der Waals surface area contributed by atoms with Crippen molar-refractivity contribution in [2.45, 2.75) is 33.7 Å². The van der Waals surface area contributed by atoms with Gasteiger partial charge in [0.05, 0.1) is 19.3 Å². The highest BCUT2D eigenvalue weighted by Gasteiger charge is 2.18. The van der Waals surface area contributed by atoms with Crippen molar-refractivity contribution >= 4 is 11.7 Å². The monoisotopic (exact) mass is 369 g/mol. The minimum absolute atomic E-state index is 0.0830. The Bertz CT molecular complexity index is 954. The number of carbonyl (C=O) groups excluding carboxylic acids is 1. The van der Waals surface area contributed by atoms with E-state index in [1.165, 1.54) is 0 Å². The molecule has 142 valence electrons. The van der Waals surface area contributed by atoms with Gasteiger partial charge in [0.25, 0.3) is 11.7 Å². The minimum Gasteiger partial charge on any atom is -0.490 e. The number of nitrogens with zero attached hydrogens (tertiary/aromatic N) is 4. The van der Waals surface area contributed by atoms with Crippen molar-refractivity contribution in [1.29, 1.82) is 0 Å². The molecule has 8 nitrogen and oxygen atoms in total. The van der Waals surface area contributed by atoms with Gasteiger partial charge in [0.15, 0.2) is 11.5 Å². The molecule has 0 aliphatic carbocycles. The average Bonchev–Trinajstić information content (AvgIpc) is 3.09. The largest absolute Gasteiger partial charge is 0.490 e. The number of aryl methyl sites for hydroxylation is 1. The number of rotatable bonds is 7. The van der Waals surface area contributed by atoms with Gasteiger partial charge in [-0.3, -0.25) is 4.79 Å². The fourth-order valence-electron chi connectivity index (χ4n) is 2.68. The molecule has 1 amide bonds. The highest BCUT2D eigenvalue weighted by Crippen LogP contribution is 2.30. The number of nitrogens with one attached hydrogen (secondary N) is 1. The lowest BCUT2D eigenvalue weighted by molar-refractivity contribution is 0.0929. The minimum atomic E-state index is -0.362. The third kappa shape index (κ3) is 3.99. The summed E-state index contributed by atoms with van der Waals surface area (Å²) in [6.45, 7) is 8.69. The lowest BCUT2D eigenvalue weighted by Crippen LogP contribution is -2.27. The maximum absolute atomic E-state index is 12.6. The Morgan fingerprint density at radius 3 is 2.63 bits per heavy atom. The first-order chi connectivity index (χ1) is 13.0. The van der Waals surface area contributed by atoms with Crippen LogP contribution in [0.1, 0.15) is 48.7 Å². The molecule has 0 saturated carbocycles. The molecule has 1 atom stereocenters. The summed E-state index contributed by atoms with van der Waals surface area (Å²) < 4.78 is 12.8. The predicted octanol–water partition coefficient (Wildman–Crippen LogP) is 2.72. The van der Waals surface area contributed by atoms with Crippen LogP contribution in [-0.2, 0) is 0 Å². The summed E-state index contributed by atoms with van der Waals surface area (Å²) in [4.78, 5) is 20.9. The zero-order valence-corrected chi connectivity index (χ0v) is 15.9. The third-order valence-electron chi connectivity index (χ3n) is 4.05. The zero-order valence-electron chi connectivity index (χ0n) is 15.9. The molecule has 0 unspecified atom stereocenters. The summed E-state index contributed by atoms with van der Waals surface area (Å²) in [6.07, 6.45) is 1.64. The van der Waals surface area contributed by atoms with Crippen molar-refractivity contribution in [1.82, 2.24) is 24.9 Å². The molecule has 0 aliphatic rings. The molecule has 0 spiro atoms. The number of aromatic nitrogens is 4. The van der Waals surface area contributed by atoms with Gasteiger partial charge < -0.3 is 14.8 Å². The van der Waals surface area contributed by atoms with Gasteiger partial charge in [-0.15, -0.1) is 5.10 Å². The molecule has 0 aliphatic heterocycles. The topological polar surface area (TPSA) is 90.6 Å². The molecular weight excluding hydrogens is 346 g/mol. The quantitative estimate of drug-likeness (QED) is 0.689. The van der Waals surface area contributed by atoms with Crippen molar-refractivity contribution in [2.24, 2.45) is 0 Å². The van der Waals surface area contributed by atoms with Crippen LogP contribution < -0.4 is 14.8 Å². The van der Waals surface area contributed by atoms with Crippen molar-refractivity contribution < 1.29 is 14.3 Å². The number of ether oxygens (including phenoxy) is 2. The van der Waals surface area contributed by atoms with Crippen LogP contribution in [0.2, 0.25) is 0 Å². The lowest BCUT2D eigenvalue weighted by Gasteiger charge is -2.17. The number of benzene rings is 1. The normalized spacial score (nSPS) is 12.0. The summed E-state index contributed by atoms with van der Waals surface area (Å²) in [6, 6.07) is 7.18. The van der Waals surface area contributed by atoms with Crippen LogP contribution in [0.4, 0.5) is 0 Å². The number of amides is 1. The van der Waals surface area contributed by atoms with E-state index in [-0.39, 0.29) is 17.8 Å². The summed E-state index contributed by atoms with van der Waals surface area (Å²) in [5.41, 5.74) is 1.75. The highest BCUT2D eigenvalue weighted by atomic mass is 16.5. The Balaban J connectivity index is 1.79. The second-order valence-electron chi connectivity index (χ2n) is 6.00. The first-order valence-electron chi connectivity index (χ1n) is 8.92. The Kier molecular flexibility index (Phi) is 5.54. The van der Waals surface area contributed by atoms with Crippen LogP contribution in [0.5, 0.6) is 11.5 Å². The summed E-state index contributed by atoms with van der Waals surface area (Å²) in [5.74, 6) is 1.46. The van der Waals surface area contributed by atoms with E-state index in [0.717, 1.165) is 11.3 Å². The molecule has 0 saturated heterocycles. The molecule has 3 aromatic rings. The van der Waals surface area contributed by atoms with Crippen LogP contribution in [0, 0.1) is 6.92 Å². The molecule has 0 radical (unpaired) electrons. The molecule has 1 N–H and O–H groups in total. The van der Waals surface area contributed by atoms with Crippen LogP contribution >= 0.6 is 0 Å². The van der Waals surface area contributed by atoms with Crippen LogP contribution in [0.25, 0.3) is 5.78 Å². The number of carbonyl (C=O) groups is 1. The summed E-state index contributed by atoms with van der Waals surface area (Å²) in [5, 5.41) is 7.14. The Morgan fingerprint density at radius 2 is 1.93 bits per heavy atom. The van der Waals surface area contributed by atoms with Crippen LogP contribution in [0.15, 0.2) is 30.5 Å². The van der Waals surface area contributed by atoms with E-state index in [9.17, 15) is 4.79 Å². The van der Waals surface area contributed by atoms with E-state index >= 15 is 0 Å². The molecular formula is C19H23N5O3. The second-order valence-corrected chi connectivity index (χ2v) is 6.00. The van der Waals surface area contributed by atoms with Crippen molar-refractivity contribution in [3.8, 4) is 11.5 Å². The van der Waals surface area contributed by atoms with E-state index in [1.807, 2.05) is 45.9 Å². The number of fused-ring (bicyclic) bond motifs is 1. The first-order valence-corrected chi connectivity index (χ1v) is 8.92. The summed E-state index contributed by atoms with van der Waals surface area (Å²) in [7, 11) is 0. The number of hydrogen-bond acceptors (Lipinski definition) is 6. The first kappa shape index (κ1) is 18.6. The van der Waals surface area contributed by atoms with Crippen molar-refractivity contribution in [2.75, 3.05) is 13.2 Å². The Labute approximate surface area is 157 Å². The maximum Gasteiger partial charge on any atom is 0.291 e. The summed E-state index contributed by atoms with van der Waals surface area (Å²) >= 11 is 0. The predicted molar refractivity (Wildman–Crippen MR) is 100 cm³/mol. The van der Waals surface area contributed by atoms with Gasteiger partial charge >= 0.3 is 0 Å². The van der Waals surface area contributed by atoms with E-state index in [0.29, 0.717) is 30.5 Å². The smallest absolute Gasteiger partial charge is 0.291 e. The van der Waals surface area contributed by atoms with Gasteiger partial charge in [0, 0.05) is 11.9 Å². The number of hydrogen-bond donors (Lipinski definition) is 1. The van der Waals surface area contributed by atoms with Gasteiger partial charge in [-0.05, 0) is 51.5 Å². The van der Waals surface area contributed by atoms with Crippen molar-refractivity contribution in [3.05, 3.63) is 47.5 Å². The molecule has 2 aromatic heterocycles. The van der Waals surface area contributed by atoms with Crippen molar-refractivity contribution in [3.63, 3.8) is 0 Å². The van der Waals surface area contributed by atoms with Gasteiger partial charge in [-0.25, -0.2) is 9.50 Å². The second kappa shape index (κ2) is 8.03. The maximum atomic E-state index is 12.6. The molecule has 2 heterocycles. The Hall–Kier alpha value is -3.16. The molecule has 0 fully saturated rings. The van der Waals surface area contributed by atoms with Gasteiger partial charge in [0.1, 0.15) is 0 Å². The molecule has 1 aromatic carbocycles. The lowest BCUT2D eigenvalue weighted by atomic mass is 10.1. The Morgan fingerprint density at radius 1 is 1.19 bits per heavy atom. The average molecular weight is 369 g/mol. The zero-order chi connectivity index (χ0) is 19.4. The van der Waals surface area contributed by atoms with Gasteiger partial charge in [-0.2, -0.15) is 4.98 Å². The molecule has 8 heteroatoms. The highest BCUT2D eigenvalue weighted by molar-refractivity contribution is 5.91. The van der Waals surface area contributed by atoms with Crippen LogP contribution in [-0.4, -0.2) is 38.7 Å². The fraction of sp³-hybridized carbons (Fsp3) is 0.368. The van der Waals surface area contributed by atoms with E-state index in [2.05, 4.69) is 20.4 Å². The third-order valence-corrected chi connectivity index (χ3v) is 4.05. The van der Waals surface area contributed by atoms with Gasteiger partial charge in [0.2, 0.25) is 5.82 Å². The SMILES string of the molecule is CCOc1ccc([C@@H](C)NC(=O)c2nc3nccc(C)n3n2)cc1OCC. The molecule has 3 rings (SSSR count). The van der Waals surface area contributed by atoms with Crippen LogP contribution in [0.3, 0.4) is 0 Å². The van der Waals surface area contributed by atoms with Gasteiger partial charge in [-0.1, -0.05) is 6.07 Å². The fourth-order valence-corrected chi connectivity index (χ4v) is 2.68. The molecule has 27 heavy (non-hydrogen) atoms. The molecule has 0 bridgehead atoms. The van der Waals surface area contributed by atoms with E-state index < -0.39 is 0 Å².